The Balaban J connectivity index is 1.36. The Bertz CT molecular complexity index is 1770. The van der Waals surface area contributed by atoms with Gasteiger partial charge in [0.1, 0.15) is 45.8 Å². The number of amides is 5. The number of thiazole rings is 2. The first-order valence-corrected chi connectivity index (χ1v) is 19.0. The van der Waals surface area contributed by atoms with Crippen LogP contribution >= 0.6 is 22.7 Å². The van der Waals surface area contributed by atoms with Crippen LogP contribution in [0.15, 0.2) is 21.4 Å². The van der Waals surface area contributed by atoms with Crippen LogP contribution in [0.4, 0.5) is 0 Å². The van der Waals surface area contributed by atoms with Crippen molar-refractivity contribution in [2.24, 2.45) is 11.8 Å². The molecular weight excluding hydrogens is 681 g/mol. The fraction of sp³-hybridized carbons (Fsp3) is 0.588. The van der Waals surface area contributed by atoms with E-state index in [4.69, 9.17) is 9.40 Å². The maximum Gasteiger partial charge on any atom is 0.276 e. The highest BCUT2D eigenvalue weighted by Gasteiger charge is 2.42. The molecule has 3 aromatic rings. The highest BCUT2D eigenvalue weighted by atomic mass is 32.1. The highest BCUT2D eigenvalue weighted by Crippen LogP contribution is 2.36. The van der Waals surface area contributed by atoms with Gasteiger partial charge in [0.25, 0.3) is 11.8 Å². The van der Waals surface area contributed by atoms with Gasteiger partial charge in [-0.15, -0.1) is 22.7 Å². The molecular formula is C34H44N8O6S2. The third-order valence-electron chi connectivity index (χ3n) is 9.54. The summed E-state index contributed by atoms with van der Waals surface area (Å²) in [6.07, 6.45) is 4.30. The Labute approximate surface area is 299 Å². The molecule has 3 aliphatic rings. The van der Waals surface area contributed by atoms with Crippen LogP contribution in [0.25, 0.3) is 11.6 Å². The van der Waals surface area contributed by atoms with E-state index in [0.29, 0.717) is 54.5 Å². The monoisotopic (exact) mass is 724 g/mol. The second-order valence-corrected chi connectivity index (χ2v) is 15.8. The first-order chi connectivity index (χ1) is 23.8. The van der Waals surface area contributed by atoms with E-state index in [2.05, 4.69) is 20.6 Å². The van der Waals surface area contributed by atoms with Crippen molar-refractivity contribution in [3.05, 3.63) is 38.4 Å². The van der Waals surface area contributed by atoms with E-state index < -0.39 is 36.0 Å². The number of hydrogen-bond donors (Lipinski definition) is 2. The average molecular weight is 725 g/mol. The lowest BCUT2D eigenvalue weighted by molar-refractivity contribution is -0.143. The van der Waals surface area contributed by atoms with Gasteiger partial charge in [-0.05, 0) is 50.9 Å². The number of oxazole rings is 1. The van der Waals surface area contributed by atoms with E-state index >= 15 is 0 Å². The number of hydrogen-bond acceptors (Lipinski definition) is 11. The molecule has 16 heteroatoms. The number of nitrogens with one attached hydrogen (secondary N) is 2. The van der Waals surface area contributed by atoms with Gasteiger partial charge < -0.3 is 29.8 Å². The summed E-state index contributed by atoms with van der Waals surface area (Å²) in [6, 6.07) is -3.21. The maximum atomic E-state index is 14.1. The summed E-state index contributed by atoms with van der Waals surface area (Å²) in [5.41, 5.74) is 0.665. The molecule has 0 aromatic carbocycles. The Hall–Kier alpha value is -4.18. The zero-order valence-electron chi connectivity index (χ0n) is 29.2. The Morgan fingerprint density at radius 3 is 2.22 bits per heavy atom. The van der Waals surface area contributed by atoms with Gasteiger partial charge in [-0.25, -0.2) is 15.0 Å². The molecule has 14 nitrogen and oxygen atoms in total. The summed E-state index contributed by atoms with van der Waals surface area (Å²) in [4.78, 5) is 87.4. The molecule has 2 saturated heterocycles. The normalized spacial score (nSPS) is 25.6. The van der Waals surface area contributed by atoms with Gasteiger partial charge in [-0.2, -0.15) is 0 Å². The van der Waals surface area contributed by atoms with Crippen LogP contribution < -0.4 is 10.6 Å². The summed E-state index contributed by atoms with van der Waals surface area (Å²) >= 11 is 2.62. The smallest absolute Gasteiger partial charge is 0.276 e. The molecule has 6 bridgehead atoms. The van der Waals surface area contributed by atoms with Crippen LogP contribution in [0, 0.1) is 11.8 Å². The van der Waals surface area contributed by atoms with Crippen LogP contribution in [-0.4, -0.2) is 97.5 Å². The molecule has 6 rings (SSSR count). The Kier molecular flexibility index (Phi) is 10.4. The lowest BCUT2D eigenvalue weighted by Crippen LogP contribution is -2.55. The van der Waals surface area contributed by atoms with Crippen LogP contribution in [0.2, 0.25) is 0 Å². The van der Waals surface area contributed by atoms with Crippen LogP contribution in [0.3, 0.4) is 0 Å². The lowest BCUT2D eigenvalue weighted by atomic mass is 10.00. The summed E-state index contributed by atoms with van der Waals surface area (Å²) in [5.74, 6) is -1.74. The van der Waals surface area contributed by atoms with Crippen molar-refractivity contribution in [1.29, 1.82) is 0 Å². The molecule has 0 unspecified atom stereocenters. The summed E-state index contributed by atoms with van der Waals surface area (Å²) < 4.78 is 5.72. The number of rotatable bonds is 3. The standard InChI is InChI=1S/C34H44N8O6S2/c1-17(2)13-20-32(45)41-11-7-9-24(41)31-39-23(16-50-31)29-37-21(14-48-29)33(46)42-12-8-10-25(42)34(47)40(6)26(18(3)4)28(44)35-19(5)30-38-22(15-49-30)27(43)36-20/h14-20,24-26H,7-13H2,1-6H3,(H,35,44)(H,36,43)/t19-,20-,24-,25-,26-/m0/s1. The minimum Gasteiger partial charge on any atom is -0.442 e. The molecule has 6 heterocycles. The number of aromatic nitrogens is 3. The van der Waals surface area contributed by atoms with Crippen LogP contribution in [0.1, 0.15) is 110 Å². The van der Waals surface area contributed by atoms with Crippen molar-refractivity contribution in [2.75, 3.05) is 20.1 Å². The third-order valence-corrected chi connectivity index (χ3v) is 11.5. The van der Waals surface area contributed by atoms with Crippen molar-refractivity contribution in [2.45, 2.75) is 96.9 Å². The molecule has 3 aliphatic heterocycles. The molecule has 0 saturated carbocycles. The van der Waals surface area contributed by atoms with Crippen molar-refractivity contribution in [1.82, 2.24) is 40.3 Å². The van der Waals surface area contributed by atoms with E-state index in [1.54, 1.807) is 29.6 Å². The molecule has 0 aliphatic carbocycles. The SMILES string of the molecule is CC(C)C[C@@H]1NC(=O)c2csc(n2)[C@H](C)NC(=O)[C@H](C(C)C)N(C)C(=O)[C@@H]2CCCN2C(=O)c2coc(n2)-c2csc(n2)[C@@H]2CCCN2C1=O. The Morgan fingerprint density at radius 2 is 1.50 bits per heavy atom. The van der Waals surface area contributed by atoms with Gasteiger partial charge >= 0.3 is 0 Å². The molecule has 3 aromatic heterocycles. The summed E-state index contributed by atoms with van der Waals surface area (Å²) in [6.45, 7) is 10.4. The van der Waals surface area contributed by atoms with E-state index in [0.717, 1.165) is 6.42 Å². The van der Waals surface area contributed by atoms with Crippen molar-refractivity contribution in [3.63, 3.8) is 0 Å². The van der Waals surface area contributed by atoms with Gasteiger partial charge in [-0.1, -0.05) is 27.7 Å². The van der Waals surface area contributed by atoms with Gasteiger partial charge in [0, 0.05) is 30.9 Å². The molecule has 5 amide bonds. The molecule has 268 valence electrons. The number of nitrogens with zero attached hydrogens (tertiary/aromatic N) is 6. The number of carbonyl (C=O) groups excluding carboxylic acids is 5. The van der Waals surface area contributed by atoms with E-state index in [9.17, 15) is 24.0 Å². The molecule has 50 heavy (non-hydrogen) atoms. The topological polar surface area (TPSA) is 171 Å². The molecule has 0 spiro atoms. The van der Waals surface area contributed by atoms with E-state index in [1.807, 2.05) is 27.7 Å². The largest absolute Gasteiger partial charge is 0.442 e. The molecule has 5 atom stereocenters. The predicted molar refractivity (Wildman–Crippen MR) is 186 cm³/mol. The quantitative estimate of drug-likeness (QED) is 0.405. The van der Waals surface area contributed by atoms with Crippen molar-refractivity contribution in [3.8, 4) is 11.6 Å². The molecule has 2 N–H and O–H groups in total. The second kappa shape index (κ2) is 14.6. The van der Waals surface area contributed by atoms with E-state index in [1.165, 1.54) is 38.7 Å². The molecule has 0 radical (unpaired) electrons. The summed E-state index contributed by atoms with van der Waals surface area (Å²) in [5, 5.41) is 10.6. The van der Waals surface area contributed by atoms with Gasteiger partial charge in [0.15, 0.2) is 5.69 Å². The van der Waals surface area contributed by atoms with Gasteiger partial charge in [0.05, 0.1) is 12.1 Å². The fourth-order valence-electron chi connectivity index (χ4n) is 7.10. The van der Waals surface area contributed by atoms with Crippen molar-refractivity contribution < 1.29 is 28.4 Å². The number of fused-ring (bicyclic) bond motifs is 10. The minimum atomic E-state index is -0.828. The average Bonchev–Trinajstić information content (AvgIpc) is 3.91. The number of carbonyl (C=O) groups is 5. The second-order valence-electron chi connectivity index (χ2n) is 14.0. The predicted octanol–water partition coefficient (Wildman–Crippen LogP) is 4.04. The maximum absolute atomic E-state index is 14.1. The van der Waals surface area contributed by atoms with E-state index in [-0.39, 0.29) is 52.9 Å². The Morgan fingerprint density at radius 1 is 0.840 bits per heavy atom. The van der Waals surface area contributed by atoms with Gasteiger partial charge in [-0.3, -0.25) is 24.0 Å². The minimum absolute atomic E-state index is 0.0612. The first kappa shape index (κ1) is 35.6. The zero-order valence-corrected chi connectivity index (χ0v) is 30.8. The van der Waals surface area contributed by atoms with Crippen LogP contribution in [0.5, 0.6) is 0 Å². The third kappa shape index (κ3) is 7.04. The zero-order chi connectivity index (χ0) is 35.9. The van der Waals surface area contributed by atoms with Gasteiger partial charge in [0.2, 0.25) is 23.6 Å². The molecule has 2 fully saturated rings. The van der Waals surface area contributed by atoms with Crippen molar-refractivity contribution >= 4 is 52.2 Å². The summed E-state index contributed by atoms with van der Waals surface area (Å²) in [7, 11) is 1.59. The van der Waals surface area contributed by atoms with Crippen LogP contribution in [-0.2, 0) is 14.4 Å². The fourth-order valence-corrected chi connectivity index (χ4v) is 8.85. The first-order valence-electron chi connectivity index (χ1n) is 17.2. The number of likely N-dealkylation sites (N-methyl/N-ethyl adjacent to an activating group) is 1. The lowest BCUT2D eigenvalue weighted by Gasteiger charge is -2.34. The highest BCUT2D eigenvalue weighted by molar-refractivity contribution is 7.10.